The van der Waals surface area contributed by atoms with Gasteiger partial charge in [0.25, 0.3) is 0 Å². The van der Waals surface area contributed by atoms with Gasteiger partial charge in [-0.3, -0.25) is 9.59 Å². The normalized spacial score (nSPS) is 18.2. The summed E-state index contributed by atoms with van der Waals surface area (Å²) in [5.41, 5.74) is 7.31. The summed E-state index contributed by atoms with van der Waals surface area (Å²) in [6.07, 6.45) is 6.86. The monoisotopic (exact) mass is 461 g/mol. The number of likely N-dealkylation sites (tertiary alicyclic amines) is 1. The second-order valence-corrected chi connectivity index (χ2v) is 9.30. The van der Waals surface area contributed by atoms with E-state index >= 15 is 0 Å². The highest BCUT2D eigenvalue weighted by Gasteiger charge is 2.37. The molecule has 4 N–H and O–H groups in total. The van der Waals surface area contributed by atoms with Crippen molar-refractivity contribution in [3.63, 3.8) is 0 Å². The molecule has 2 aromatic rings. The molecule has 2 amide bonds. The molecule has 10 heteroatoms. The molecule has 0 spiro atoms. The Bertz CT molecular complexity index is 948. The Labute approximate surface area is 188 Å². The Morgan fingerprint density at radius 2 is 2.16 bits per heavy atom. The second-order valence-electron chi connectivity index (χ2n) is 7.26. The smallest absolute Gasteiger partial charge is 0.243 e. The van der Waals surface area contributed by atoms with Gasteiger partial charge in [-0.1, -0.05) is 36.4 Å². The standard InChI is InChI=1S/C21H27N5O3S2/c1-31(29)25-17(13-15-7-3-2-4-8-15)20(28)26-12-6-10-18(26)19(27)23-11-5-9-16-14-30-21(22)24-16/h2-5,7-9,14,17-18,25H,6,10-13H2,1H3,(H2,22,24)(H,23,27)/b9-5+/t17-,18+,31?/m1/s1. The molecule has 1 unspecified atom stereocenters. The van der Waals surface area contributed by atoms with Crippen molar-refractivity contribution >= 4 is 45.3 Å². The minimum atomic E-state index is -1.36. The molecule has 166 valence electrons. The van der Waals surface area contributed by atoms with Gasteiger partial charge in [0.1, 0.15) is 12.1 Å². The van der Waals surface area contributed by atoms with Crippen LogP contribution in [0.4, 0.5) is 5.13 Å². The number of nitrogen functional groups attached to an aromatic ring is 1. The van der Waals surface area contributed by atoms with Crippen LogP contribution in [-0.2, 0) is 27.0 Å². The third kappa shape index (κ3) is 6.71. The molecule has 1 fully saturated rings. The summed E-state index contributed by atoms with van der Waals surface area (Å²) < 4.78 is 14.7. The second kappa shape index (κ2) is 11.2. The molecule has 3 atom stereocenters. The lowest BCUT2D eigenvalue weighted by Crippen LogP contribution is -2.53. The van der Waals surface area contributed by atoms with Gasteiger partial charge in [0.2, 0.25) is 11.8 Å². The summed E-state index contributed by atoms with van der Waals surface area (Å²) >= 11 is 1.36. The Kier molecular flexibility index (Phi) is 8.33. The molecule has 1 aliphatic heterocycles. The van der Waals surface area contributed by atoms with E-state index in [0.717, 1.165) is 17.7 Å². The summed E-state index contributed by atoms with van der Waals surface area (Å²) in [6, 6.07) is 8.38. The first kappa shape index (κ1) is 23.1. The van der Waals surface area contributed by atoms with Crippen LogP contribution in [0.5, 0.6) is 0 Å². The first-order valence-electron chi connectivity index (χ1n) is 10.0. The highest BCUT2D eigenvalue weighted by Crippen LogP contribution is 2.20. The summed E-state index contributed by atoms with van der Waals surface area (Å²) in [6.45, 7) is 0.841. The Morgan fingerprint density at radius 1 is 1.39 bits per heavy atom. The molecule has 0 aliphatic carbocycles. The average Bonchev–Trinajstić information content (AvgIpc) is 3.39. The highest BCUT2D eigenvalue weighted by atomic mass is 32.2. The zero-order valence-electron chi connectivity index (χ0n) is 17.3. The lowest BCUT2D eigenvalue weighted by molar-refractivity contribution is -0.139. The van der Waals surface area contributed by atoms with Crippen molar-refractivity contribution in [1.29, 1.82) is 0 Å². The Balaban J connectivity index is 1.60. The van der Waals surface area contributed by atoms with Gasteiger partial charge in [-0.15, -0.1) is 11.3 Å². The molecule has 1 aromatic carbocycles. The number of anilines is 1. The van der Waals surface area contributed by atoms with E-state index in [4.69, 9.17) is 5.73 Å². The summed E-state index contributed by atoms with van der Waals surface area (Å²) in [4.78, 5) is 31.7. The molecular weight excluding hydrogens is 434 g/mol. The topological polar surface area (TPSA) is 117 Å². The van der Waals surface area contributed by atoms with Crippen molar-refractivity contribution < 1.29 is 13.8 Å². The van der Waals surface area contributed by atoms with Gasteiger partial charge in [-0.2, -0.15) is 0 Å². The molecule has 0 radical (unpaired) electrons. The van der Waals surface area contributed by atoms with Gasteiger partial charge < -0.3 is 16.0 Å². The molecule has 0 bridgehead atoms. The maximum atomic E-state index is 13.2. The van der Waals surface area contributed by atoms with E-state index in [9.17, 15) is 13.8 Å². The first-order chi connectivity index (χ1) is 14.9. The summed E-state index contributed by atoms with van der Waals surface area (Å²) in [5.74, 6) is -0.394. The van der Waals surface area contributed by atoms with E-state index < -0.39 is 23.1 Å². The number of hydrogen-bond acceptors (Lipinski definition) is 6. The van der Waals surface area contributed by atoms with Crippen molar-refractivity contribution in [3.8, 4) is 0 Å². The quantitative estimate of drug-likeness (QED) is 0.521. The van der Waals surface area contributed by atoms with Crippen molar-refractivity contribution in [2.45, 2.75) is 31.3 Å². The number of thiazole rings is 1. The van der Waals surface area contributed by atoms with E-state index in [2.05, 4.69) is 15.0 Å². The summed E-state index contributed by atoms with van der Waals surface area (Å²) in [5, 5.41) is 5.19. The lowest BCUT2D eigenvalue weighted by atomic mass is 10.1. The van der Waals surface area contributed by atoms with Crippen molar-refractivity contribution in [1.82, 2.24) is 19.9 Å². The van der Waals surface area contributed by atoms with E-state index in [1.54, 1.807) is 17.1 Å². The van der Waals surface area contributed by atoms with Crippen LogP contribution in [0, 0.1) is 0 Å². The molecule has 2 heterocycles. The molecule has 8 nitrogen and oxygen atoms in total. The number of amides is 2. The minimum absolute atomic E-state index is 0.190. The molecular formula is C21H27N5O3S2. The van der Waals surface area contributed by atoms with Crippen LogP contribution >= 0.6 is 11.3 Å². The van der Waals surface area contributed by atoms with E-state index in [1.165, 1.54) is 17.6 Å². The zero-order chi connectivity index (χ0) is 22.2. The molecule has 1 aromatic heterocycles. The summed E-state index contributed by atoms with van der Waals surface area (Å²) in [7, 11) is -1.36. The predicted octanol–water partition coefficient (Wildman–Crippen LogP) is 1.34. The number of nitrogens with zero attached hydrogens (tertiary/aromatic N) is 2. The van der Waals surface area contributed by atoms with Gasteiger partial charge in [0.05, 0.1) is 16.7 Å². The number of carbonyl (C=O) groups excluding carboxylic acids is 2. The third-order valence-electron chi connectivity index (χ3n) is 4.95. The molecule has 1 aliphatic rings. The molecule has 1 saturated heterocycles. The fourth-order valence-corrected chi connectivity index (χ4v) is 4.68. The van der Waals surface area contributed by atoms with Crippen LogP contribution < -0.4 is 15.8 Å². The fraction of sp³-hybridized carbons (Fsp3) is 0.381. The van der Waals surface area contributed by atoms with Gasteiger partial charge in [0.15, 0.2) is 5.13 Å². The number of rotatable bonds is 9. The third-order valence-corrected chi connectivity index (χ3v) is 6.26. The van der Waals surface area contributed by atoms with Gasteiger partial charge in [0, 0.05) is 24.7 Å². The number of hydrogen-bond donors (Lipinski definition) is 3. The van der Waals surface area contributed by atoms with Crippen LogP contribution in [0.15, 0.2) is 41.8 Å². The predicted molar refractivity (Wildman–Crippen MR) is 124 cm³/mol. The number of nitrogens with two attached hydrogens (primary N) is 1. The minimum Gasteiger partial charge on any atom is -0.375 e. The molecule has 31 heavy (non-hydrogen) atoms. The Hall–Kier alpha value is -2.56. The molecule has 3 rings (SSSR count). The van der Waals surface area contributed by atoms with Crippen LogP contribution in [0.2, 0.25) is 0 Å². The first-order valence-corrected chi connectivity index (χ1v) is 12.5. The van der Waals surface area contributed by atoms with Crippen molar-refractivity contribution in [2.75, 3.05) is 25.1 Å². The van der Waals surface area contributed by atoms with Gasteiger partial charge in [-0.25, -0.2) is 13.9 Å². The zero-order valence-corrected chi connectivity index (χ0v) is 19.0. The van der Waals surface area contributed by atoms with E-state index in [0.29, 0.717) is 31.1 Å². The van der Waals surface area contributed by atoms with Gasteiger partial charge >= 0.3 is 0 Å². The average molecular weight is 462 g/mol. The maximum Gasteiger partial charge on any atom is 0.243 e. The van der Waals surface area contributed by atoms with E-state index in [-0.39, 0.29) is 11.8 Å². The van der Waals surface area contributed by atoms with Crippen LogP contribution in [0.1, 0.15) is 24.1 Å². The molecule has 0 saturated carbocycles. The number of aromatic nitrogens is 1. The van der Waals surface area contributed by atoms with Crippen molar-refractivity contribution in [3.05, 3.63) is 53.0 Å². The highest BCUT2D eigenvalue weighted by molar-refractivity contribution is 7.82. The van der Waals surface area contributed by atoms with Gasteiger partial charge in [-0.05, 0) is 30.9 Å². The van der Waals surface area contributed by atoms with Crippen LogP contribution in [0.25, 0.3) is 6.08 Å². The largest absolute Gasteiger partial charge is 0.375 e. The number of nitrogens with one attached hydrogen (secondary N) is 2. The van der Waals surface area contributed by atoms with Crippen molar-refractivity contribution in [2.24, 2.45) is 0 Å². The maximum absolute atomic E-state index is 13.2. The Morgan fingerprint density at radius 3 is 2.84 bits per heavy atom. The lowest BCUT2D eigenvalue weighted by Gasteiger charge is -2.28. The van der Waals surface area contributed by atoms with Crippen LogP contribution in [-0.4, -0.2) is 57.3 Å². The SMILES string of the molecule is CS(=O)N[C@H](Cc1ccccc1)C(=O)N1CCC[C@H]1C(=O)NC/C=C/c1csc(N)n1. The fourth-order valence-electron chi connectivity index (χ4n) is 3.57. The number of carbonyl (C=O) groups is 2. The number of benzene rings is 1. The van der Waals surface area contributed by atoms with Crippen LogP contribution in [0.3, 0.4) is 0 Å². The van der Waals surface area contributed by atoms with E-state index in [1.807, 2.05) is 35.7 Å².